The molecule has 62 heavy (non-hydrogen) atoms. The van der Waals surface area contributed by atoms with E-state index in [9.17, 15) is 43.3 Å². The number of hydrogen-bond donors (Lipinski definition) is 4. The fourth-order valence-electron chi connectivity index (χ4n) is 5.29. The summed E-state index contributed by atoms with van der Waals surface area (Å²) in [6, 6.07) is 32.5. The molecule has 0 heterocycles. The van der Waals surface area contributed by atoms with Crippen LogP contribution in [-0.2, 0) is 40.5 Å². The van der Waals surface area contributed by atoms with E-state index in [1.165, 1.54) is 146 Å². The first-order chi connectivity index (χ1) is 29.2. The molecule has 0 unspecified atom stereocenters. The van der Waals surface area contributed by atoms with Gasteiger partial charge in [-0.15, -0.1) is 0 Å². The van der Waals surface area contributed by atoms with Gasteiger partial charge >= 0.3 is 52.5 Å². The van der Waals surface area contributed by atoms with Crippen molar-refractivity contribution in [3.8, 4) is 34.1 Å². The number of urea groups is 2. The Bertz CT molecular complexity index is 2810. The molecule has 0 bridgehead atoms. The third kappa shape index (κ3) is 12.9. The van der Waals surface area contributed by atoms with Crippen LogP contribution in [0.3, 0.4) is 0 Å². The van der Waals surface area contributed by atoms with Crippen molar-refractivity contribution in [3.63, 3.8) is 0 Å². The van der Waals surface area contributed by atoms with E-state index in [1.807, 2.05) is 0 Å². The molecule has 0 saturated heterocycles. The maximum Gasteiger partial charge on any atom is 0.339 e. The van der Waals surface area contributed by atoms with E-state index in [1.54, 1.807) is 0 Å². The van der Waals surface area contributed by atoms with Gasteiger partial charge in [0.05, 0.1) is 12.5 Å². The molecular formula is C40H34N4O14S4. The maximum atomic E-state index is 13.0. The summed E-state index contributed by atoms with van der Waals surface area (Å²) in [5.74, 6) is 0.0982. The summed E-state index contributed by atoms with van der Waals surface area (Å²) in [5, 5.41) is 10.3. The third-order valence-corrected chi connectivity index (χ3v) is 11.5. The average Bonchev–Trinajstić information content (AvgIpc) is 3.20. The van der Waals surface area contributed by atoms with Crippen molar-refractivity contribution in [1.29, 1.82) is 0 Å². The van der Waals surface area contributed by atoms with Crippen LogP contribution in [-0.4, -0.2) is 58.2 Å². The second kappa shape index (κ2) is 18.2. The lowest BCUT2D eigenvalue weighted by Crippen LogP contribution is -2.19. The van der Waals surface area contributed by atoms with Crippen LogP contribution in [0.2, 0.25) is 0 Å². The van der Waals surface area contributed by atoms with Crippen molar-refractivity contribution in [2.45, 2.75) is 9.79 Å². The van der Waals surface area contributed by atoms with Crippen molar-refractivity contribution >= 4 is 75.3 Å². The van der Waals surface area contributed by atoms with Crippen molar-refractivity contribution in [1.82, 2.24) is 0 Å². The minimum absolute atomic E-state index is 0.0262. The molecule has 4 amide bonds. The SMILES string of the molecule is CS(=O)(=O)Oc1ccc(NC(=O)Nc2ccc(OS(=O)(=O)c3ccc(-c4ccc(S(=O)(=O)Oc5ccc(NC(=O)Nc6ccc(OS(C)(=O)=O)cc6)cc5)cc4)cc3)cc2)cc1. The number of anilines is 4. The van der Waals surface area contributed by atoms with E-state index in [0.717, 1.165) is 12.5 Å². The molecule has 6 rings (SSSR count). The summed E-state index contributed by atoms with van der Waals surface area (Å²) in [4.78, 5) is 24.5. The summed E-state index contributed by atoms with van der Waals surface area (Å²) >= 11 is 0. The van der Waals surface area contributed by atoms with E-state index in [-0.39, 0.29) is 32.8 Å². The second-order valence-corrected chi connectivity index (χ2v) is 19.2. The van der Waals surface area contributed by atoms with Crippen LogP contribution in [0.4, 0.5) is 32.3 Å². The van der Waals surface area contributed by atoms with Crippen LogP contribution >= 0.6 is 0 Å². The predicted molar refractivity (Wildman–Crippen MR) is 229 cm³/mol. The Balaban J connectivity index is 0.985. The summed E-state index contributed by atoms with van der Waals surface area (Å²) < 4.78 is 117. The van der Waals surface area contributed by atoms with E-state index in [2.05, 4.69) is 21.3 Å². The minimum Gasteiger partial charge on any atom is -0.383 e. The van der Waals surface area contributed by atoms with Gasteiger partial charge < -0.3 is 38.0 Å². The Morgan fingerprint density at radius 3 is 0.790 bits per heavy atom. The largest absolute Gasteiger partial charge is 0.383 e. The van der Waals surface area contributed by atoms with Gasteiger partial charge in [0.1, 0.15) is 32.8 Å². The van der Waals surface area contributed by atoms with Crippen molar-refractivity contribution in [3.05, 3.63) is 146 Å². The van der Waals surface area contributed by atoms with E-state index in [4.69, 9.17) is 16.7 Å². The fraction of sp³-hybridized carbons (Fsp3) is 0.0500. The molecule has 6 aromatic rings. The Morgan fingerprint density at radius 1 is 0.339 bits per heavy atom. The van der Waals surface area contributed by atoms with E-state index in [0.29, 0.717) is 33.9 Å². The molecule has 0 aliphatic carbocycles. The summed E-state index contributed by atoms with van der Waals surface area (Å²) in [7, 11) is -16.0. The summed E-state index contributed by atoms with van der Waals surface area (Å²) in [6.45, 7) is 0. The van der Waals surface area contributed by atoms with E-state index >= 15 is 0 Å². The summed E-state index contributed by atoms with van der Waals surface area (Å²) in [5.41, 5.74) is 2.49. The predicted octanol–water partition coefficient (Wildman–Crippen LogP) is 6.85. The lowest BCUT2D eigenvalue weighted by molar-refractivity contribution is 0.261. The number of benzene rings is 6. The van der Waals surface area contributed by atoms with Crippen LogP contribution in [0, 0.1) is 0 Å². The smallest absolute Gasteiger partial charge is 0.339 e. The number of hydrogen-bond acceptors (Lipinski definition) is 14. The van der Waals surface area contributed by atoms with Gasteiger partial charge in [-0.2, -0.15) is 33.7 Å². The van der Waals surface area contributed by atoms with Gasteiger partial charge in [-0.3, -0.25) is 0 Å². The summed E-state index contributed by atoms with van der Waals surface area (Å²) in [6.07, 6.45) is 1.81. The highest BCUT2D eigenvalue weighted by atomic mass is 32.2. The number of carbonyl (C=O) groups is 2. The van der Waals surface area contributed by atoms with Crippen LogP contribution in [0.5, 0.6) is 23.0 Å². The monoisotopic (exact) mass is 922 g/mol. The minimum atomic E-state index is -4.27. The first-order valence-corrected chi connectivity index (χ1v) is 24.1. The quantitative estimate of drug-likeness (QED) is 0.0769. The van der Waals surface area contributed by atoms with Crippen LogP contribution in [0.25, 0.3) is 11.1 Å². The zero-order valence-corrected chi connectivity index (χ0v) is 35.5. The van der Waals surface area contributed by atoms with Gasteiger partial charge in [0, 0.05) is 22.7 Å². The standard InChI is InChI=1S/C40H34N4O14S4/c1-59(47,48)55-33-15-7-29(8-16-33)41-39(45)43-31-11-19-35(20-12-31)57-61(51,52)37-23-3-27(4-24-37)28-5-25-38(26-6-28)62(53,54)58-36-21-13-32(14-22-36)44-40(46)42-30-9-17-34(18-10-30)56-60(2,49)50/h3-26H,1-2H3,(H2,41,43,45)(H2,42,44,46). The second-order valence-electron chi connectivity index (χ2n) is 13.0. The topological polar surface area (TPSA) is 256 Å². The Labute approximate surface area is 356 Å². The van der Waals surface area contributed by atoms with Gasteiger partial charge in [-0.05, 0) is 132 Å². The highest BCUT2D eigenvalue weighted by Crippen LogP contribution is 2.28. The lowest BCUT2D eigenvalue weighted by Gasteiger charge is -2.11. The molecule has 18 nitrogen and oxygen atoms in total. The third-order valence-electron chi connectivity index (χ3n) is 7.98. The van der Waals surface area contributed by atoms with Crippen LogP contribution in [0.1, 0.15) is 0 Å². The van der Waals surface area contributed by atoms with Crippen molar-refractivity contribution < 1.29 is 60.0 Å². The van der Waals surface area contributed by atoms with Crippen LogP contribution in [0.15, 0.2) is 155 Å². The molecule has 0 aromatic heterocycles. The normalized spacial score (nSPS) is 11.7. The first-order valence-electron chi connectivity index (χ1n) is 17.6. The van der Waals surface area contributed by atoms with Crippen molar-refractivity contribution in [2.75, 3.05) is 33.8 Å². The molecule has 0 radical (unpaired) electrons. The van der Waals surface area contributed by atoms with Crippen LogP contribution < -0.4 is 38.0 Å². The van der Waals surface area contributed by atoms with Gasteiger partial charge in [-0.1, -0.05) is 24.3 Å². The molecule has 322 valence electrons. The highest BCUT2D eigenvalue weighted by Gasteiger charge is 2.19. The Morgan fingerprint density at radius 2 is 0.565 bits per heavy atom. The molecule has 4 N–H and O–H groups in total. The first kappa shape index (κ1) is 44.4. The molecule has 0 aliphatic heterocycles. The van der Waals surface area contributed by atoms with Crippen molar-refractivity contribution in [2.24, 2.45) is 0 Å². The number of rotatable bonds is 15. The average molecular weight is 923 g/mol. The molecule has 0 fully saturated rings. The molecule has 22 heteroatoms. The molecule has 0 saturated carbocycles. The fourth-order valence-corrected chi connectivity index (χ4v) is 8.07. The Kier molecular flexibility index (Phi) is 13.1. The zero-order valence-electron chi connectivity index (χ0n) is 32.2. The van der Waals surface area contributed by atoms with Gasteiger partial charge in [-0.25, -0.2) is 9.59 Å². The van der Waals surface area contributed by atoms with Gasteiger partial charge in [0.15, 0.2) is 0 Å². The molecule has 0 spiro atoms. The highest BCUT2D eigenvalue weighted by molar-refractivity contribution is 7.87. The number of nitrogens with one attached hydrogen (secondary N) is 4. The molecule has 0 atom stereocenters. The molecule has 0 aliphatic rings. The zero-order chi connectivity index (χ0) is 44.7. The molecular weight excluding hydrogens is 889 g/mol. The lowest BCUT2D eigenvalue weighted by atomic mass is 10.1. The molecule has 6 aromatic carbocycles. The van der Waals surface area contributed by atoms with E-state index < -0.39 is 52.5 Å². The maximum absolute atomic E-state index is 13.0. The Hall–Kier alpha value is -7.14. The van der Waals surface area contributed by atoms with Gasteiger partial charge in [0.2, 0.25) is 0 Å². The number of carbonyl (C=O) groups excluding carboxylic acids is 2. The number of amides is 4. The van der Waals surface area contributed by atoms with Gasteiger partial charge in [0.25, 0.3) is 0 Å².